The third-order valence-electron chi connectivity index (χ3n) is 5.69. The Morgan fingerprint density at radius 2 is 1.69 bits per heavy atom. The van der Waals surface area contributed by atoms with Crippen molar-refractivity contribution in [3.05, 3.63) is 35.9 Å². The molecule has 4 heteroatoms. The molecule has 1 saturated heterocycles. The van der Waals surface area contributed by atoms with Crippen molar-refractivity contribution in [1.29, 1.82) is 0 Å². The monoisotopic (exact) mass is 359 g/mol. The molecule has 1 aromatic carbocycles. The van der Waals surface area contributed by atoms with Crippen LogP contribution in [0, 0.1) is 5.92 Å². The van der Waals surface area contributed by atoms with E-state index in [-0.39, 0.29) is 0 Å². The molecule has 1 amide bonds. The SMILES string of the molecule is CC(C)C(CC(=O)N1CC(C)N(CCN(C)C)C(C)C1)c1ccccc1. The Labute approximate surface area is 160 Å². The van der Waals surface area contributed by atoms with Gasteiger partial charge in [0.2, 0.25) is 5.91 Å². The van der Waals surface area contributed by atoms with E-state index in [4.69, 9.17) is 0 Å². The van der Waals surface area contributed by atoms with Crippen molar-refractivity contribution in [2.45, 2.75) is 52.1 Å². The fourth-order valence-corrected chi connectivity index (χ4v) is 4.07. The molecule has 0 radical (unpaired) electrons. The molecule has 26 heavy (non-hydrogen) atoms. The fourth-order valence-electron chi connectivity index (χ4n) is 4.07. The zero-order valence-corrected chi connectivity index (χ0v) is 17.5. The first-order valence-electron chi connectivity index (χ1n) is 10.0. The molecule has 1 heterocycles. The zero-order valence-electron chi connectivity index (χ0n) is 17.5. The summed E-state index contributed by atoms with van der Waals surface area (Å²) in [7, 11) is 4.23. The Balaban J connectivity index is 1.99. The molecule has 1 fully saturated rings. The number of amides is 1. The van der Waals surface area contributed by atoms with Crippen molar-refractivity contribution in [2.24, 2.45) is 5.92 Å². The van der Waals surface area contributed by atoms with Gasteiger partial charge in [0.1, 0.15) is 0 Å². The van der Waals surface area contributed by atoms with Crippen LogP contribution in [0.2, 0.25) is 0 Å². The van der Waals surface area contributed by atoms with Gasteiger partial charge in [0.05, 0.1) is 0 Å². The van der Waals surface area contributed by atoms with Crippen LogP contribution in [0.4, 0.5) is 0 Å². The fraction of sp³-hybridized carbons (Fsp3) is 0.682. The number of carbonyl (C=O) groups is 1. The van der Waals surface area contributed by atoms with Gasteiger partial charge in [-0.25, -0.2) is 0 Å². The van der Waals surface area contributed by atoms with E-state index >= 15 is 0 Å². The molecule has 0 spiro atoms. The van der Waals surface area contributed by atoms with Gasteiger partial charge in [0.25, 0.3) is 0 Å². The van der Waals surface area contributed by atoms with Crippen molar-refractivity contribution in [3.63, 3.8) is 0 Å². The zero-order chi connectivity index (χ0) is 19.3. The van der Waals surface area contributed by atoms with Crippen LogP contribution in [0.5, 0.6) is 0 Å². The van der Waals surface area contributed by atoms with Crippen molar-refractivity contribution in [2.75, 3.05) is 40.3 Å². The summed E-state index contributed by atoms with van der Waals surface area (Å²) >= 11 is 0. The highest BCUT2D eigenvalue weighted by Gasteiger charge is 2.32. The van der Waals surface area contributed by atoms with Crippen LogP contribution in [-0.4, -0.2) is 73.0 Å². The number of carbonyl (C=O) groups excluding carboxylic acids is 1. The lowest BCUT2D eigenvalue weighted by Crippen LogP contribution is -2.59. The van der Waals surface area contributed by atoms with Gasteiger partial charge in [-0.1, -0.05) is 44.2 Å². The van der Waals surface area contributed by atoms with E-state index in [1.165, 1.54) is 5.56 Å². The summed E-state index contributed by atoms with van der Waals surface area (Å²) in [4.78, 5) is 19.9. The molecule has 0 N–H and O–H groups in total. The first-order valence-corrected chi connectivity index (χ1v) is 10.0. The minimum Gasteiger partial charge on any atom is -0.340 e. The predicted molar refractivity (Wildman–Crippen MR) is 109 cm³/mol. The third-order valence-corrected chi connectivity index (χ3v) is 5.69. The summed E-state index contributed by atoms with van der Waals surface area (Å²) < 4.78 is 0. The van der Waals surface area contributed by atoms with E-state index in [2.05, 4.69) is 80.8 Å². The highest BCUT2D eigenvalue weighted by atomic mass is 16.2. The van der Waals surface area contributed by atoms with Gasteiger partial charge in [-0.15, -0.1) is 0 Å². The summed E-state index contributed by atoms with van der Waals surface area (Å²) in [5.41, 5.74) is 1.28. The standard InChI is InChI=1S/C22H37N3O/c1-17(2)21(20-10-8-7-9-11-20)14-22(26)24-15-18(3)25(19(4)16-24)13-12-23(5)6/h7-11,17-19,21H,12-16H2,1-6H3. The van der Waals surface area contributed by atoms with Crippen LogP contribution in [0.15, 0.2) is 30.3 Å². The molecule has 4 nitrogen and oxygen atoms in total. The molecule has 0 aliphatic carbocycles. The first-order chi connectivity index (χ1) is 12.3. The van der Waals surface area contributed by atoms with E-state index in [1.54, 1.807) is 0 Å². The Hall–Kier alpha value is -1.39. The van der Waals surface area contributed by atoms with Gasteiger partial charge >= 0.3 is 0 Å². The Morgan fingerprint density at radius 3 is 2.19 bits per heavy atom. The van der Waals surface area contributed by atoms with Crippen LogP contribution in [0.1, 0.15) is 45.6 Å². The molecule has 0 aromatic heterocycles. The lowest BCUT2D eigenvalue weighted by molar-refractivity contribution is -0.136. The minimum absolute atomic E-state index is 0.293. The highest BCUT2D eigenvalue weighted by Crippen LogP contribution is 2.29. The Bertz CT molecular complexity index is 546. The number of nitrogens with zero attached hydrogens (tertiary/aromatic N) is 3. The molecule has 1 aromatic rings. The van der Waals surface area contributed by atoms with Crippen molar-refractivity contribution in [1.82, 2.24) is 14.7 Å². The minimum atomic E-state index is 0.293. The number of benzene rings is 1. The van der Waals surface area contributed by atoms with E-state index in [9.17, 15) is 4.79 Å². The lowest BCUT2D eigenvalue weighted by atomic mass is 9.85. The van der Waals surface area contributed by atoms with Crippen LogP contribution in [0.3, 0.4) is 0 Å². The van der Waals surface area contributed by atoms with Gasteiger partial charge in [-0.3, -0.25) is 9.69 Å². The molecule has 0 saturated carbocycles. The lowest BCUT2D eigenvalue weighted by Gasteiger charge is -2.45. The van der Waals surface area contributed by atoms with Gasteiger partial charge in [0, 0.05) is 44.7 Å². The van der Waals surface area contributed by atoms with E-state index in [0.717, 1.165) is 26.2 Å². The average Bonchev–Trinajstić information content (AvgIpc) is 2.58. The molecule has 0 bridgehead atoms. The van der Waals surface area contributed by atoms with Crippen molar-refractivity contribution >= 4 is 5.91 Å². The van der Waals surface area contributed by atoms with Gasteiger partial charge in [0.15, 0.2) is 0 Å². The van der Waals surface area contributed by atoms with Gasteiger partial charge < -0.3 is 9.80 Å². The quantitative estimate of drug-likeness (QED) is 0.747. The molecule has 3 atom stereocenters. The van der Waals surface area contributed by atoms with Gasteiger partial charge in [-0.2, -0.15) is 0 Å². The summed E-state index contributed by atoms with van der Waals surface area (Å²) in [5.74, 6) is 1.05. The molecular weight excluding hydrogens is 322 g/mol. The summed E-state index contributed by atoms with van der Waals surface area (Å²) in [6.45, 7) is 12.8. The normalized spacial score (nSPS) is 22.8. The second kappa shape index (κ2) is 9.52. The molecule has 2 rings (SSSR count). The summed E-state index contributed by atoms with van der Waals surface area (Å²) in [6.07, 6.45) is 0.610. The summed E-state index contributed by atoms with van der Waals surface area (Å²) in [5, 5.41) is 0. The van der Waals surface area contributed by atoms with Gasteiger partial charge in [-0.05, 0) is 45.3 Å². The summed E-state index contributed by atoms with van der Waals surface area (Å²) in [6, 6.07) is 11.3. The second-order valence-electron chi connectivity index (χ2n) is 8.50. The van der Waals surface area contributed by atoms with Crippen molar-refractivity contribution < 1.29 is 4.79 Å². The largest absolute Gasteiger partial charge is 0.340 e. The maximum absolute atomic E-state index is 13.0. The van der Waals surface area contributed by atoms with E-state index < -0.39 is 0 Å². The van der Waals surface area contributed by atoms with Crippen molar-refractivity contribution in [3.8, 4) is 0 Å². The first kappa shape index (κ1) is 20.9. The van der Waals surface area contributed by atoms with E-state index in [0.29, 0.717) is 36.2 Å². The average molecular weight is 360 g/mol. The molecule has 146 valence electrons. The Kier molecular flexibility index (Phi) is 7.66. The van der Waals surface area contributed by atoms with Crippen LogP contribution >= 0.6 is 0 Å². The molecule has 1 aliphatic heterocycles. The topological polar surface area (TPSA) is 26.8 Å². The highest BCUT2D eigenvalue weighted by molar-refractivity contribution is 5.77. The number of hydrogen-bond acceptors (Lipinski definition) is 3. The predicted octanol–water partition coefficient (Wildman–Crippen LogP) is 3.30. The smallest absolute Gasteiger partial charge is 0.223 e. The second-order valence-corrected chi connectivity index (χ2v) is 8.50. The molecule has 3 unspecified atom stereocenters. The van der Waals surface area contributed by atoms with Crippen LogP contribution < -0.4 is 0 Å². The molecular formula is C22H37N3O. The Morgan fingerprint density at radius 1 is 1.12 bits per heavy atom. The number of piperazine rings is 1. The van der Waals surface area contributed by atoms with E-state index in [1.807, 2.05) is 6.07 Å². The van der Waals surface area contributed by atoms with Crippen LogP contribution in [-0.2, 0) is 4.79 Å². The maximum atomic E-state index is 13.0. The molecule has 1 aliphatic rings. The van der Waals surface area contributed by atoms with Crippen LogP contribution in [0.25, 0.3) is 0 Å². The maximum Gasteiger partial charge on any atom is 0.223 e. The number of rotatable bonds is 7. The number of likely N-dealkylation sites (N-methyl/N-ethyl adjacent to an activating group) is 1. The third kappa shape index (κ3) is 5.55. The number of hydrogen-bond donors (Lipinski definition) is 0.